The minimum atomic E-state index is -3.16. The number of hydrogen-bond acceptors (Lipinski definition) is 3. The van der Waals surface area contributed by atoms with Gasteiger partial charge in [0.2, 0.25) is 10.0 Å². The average Bonchev–Trinajstić information content (AvgIpc) is 2.32. The van der Waals surface area contributed by atoms with Gasteiger partial charge in [-0.25, -0.2) is 13.1 Å². The molecular formula is C13H30N2O2S. The van der Waals surface area contributed by atoms with Gasteiger partial charge in [-0.05, 0) is 32.2 Å². The van der Waals surface area contributed by atoms with E-state index in [2.05, 4.69) is 23.9 Å². The molecule has 0 saturated carbocycles. The van der Waals surface area contributed by atoms with Gasteiger partial charge in [-0.15, -0.1) is 0 Å². The molecule has 0 fully saturated rings. The van der Waals surface area contributed by atoms with Crippen LogP contribution in [0.3, 0.4) is 0 Å². The summed E-state index contributed by atoms with van der Waals surface area (Å²) in [5.74, 6) is 0.203. The summed E-state index contributed by atoms with van der Waals surface area (Å²) in [6.45, 7) is 11.0. The van der Waals surface area contributed by atoms with Crippen LogP contribution in [-0.4, -0.2) is 32.3 Å². The maximum absolute atomic E-state index is 12.0. The first-order chi connectivity index (χ1) is 8.31. The predicted octanol–water partition coefficient (Wildman–Crippen LogP) is 2.26. The van der Waals surface area contributed by atoms with Gasteiger partial charge in [0.25, 0.3) is 0 Å². The Hall–Kier alpha value is -0.130. The standard InChI is InChI=1S/C13H30N2O2S/c1-6-13(7-2,8-3)15-18(16,17)11-9-10-14-12(4)5/h12,14-15H,6-11H2,1-5H3. The Labute approximate surface area is 113 Å². The lowest BCUT2D eigenvalue weighted by Crippen LogP contribution is -2.48. The second-order valence-electron chi connectivity index (χ2n) is 5.22. The van der Waals surface area contributed by atoms with Crippen molar-refractivity contribution in [2.45, 2.75) is 71.9 Å². The van der Waals surface area contributed by atoms with Gasteiger partial charge >= 0.3 is 0 Å². The van der Waals surface area contributed by atoms with Gasteiger partial charge < -0.3 is 5.32 Å². The first-order valence-corrected chi connectivity index (χ1v) is 8.71. The van der Waals surface area contributed by atoms with E-state index in [9.17, 15) is 8.42 Å². The quantitative estimate of drug-likeness (QED) is 0.603. The van der Waals surface area contributed by atoms with E-state index in [-0.39, 0.29) is 11.3 Å². The summed E-state index contributed by atoms with van der Waals surface area (Å²) in [5, 5.41) is 3.23. The first kappa shape index (κ1) is 17.9. The van der Waals surface area contributed by atoms with Crippen molar-refractivity contribution in [3.05, 3.63) is 0 Å². The summed E-state index contributed by atoms with van der Waals surface area (Å²) in [4.78, 5) is 0. The zero-order chi connectivity index (χ0) is 14.2. The lowest BCUT2D eigenvalue weighted by Gasteiger charge is -2.31. The van der Waals surface area contributed by atoms with Crippen molar-refractivity contribution < 1.29 is 8.42 Å². The maximum Gasteiger partial charge on any atom is 0.212 e. The Bertz CT molecular complexity index is 301. The second-order valence-corrected chi connectivity index (χ2v) is 7.07. The van der Waals surface area contributed by atoms with Crippen LogP contribution in [0.1, 0.15) is 60.3 Å². The number of rotatable bonds is 10. The van der Waals surface area contributed by atoms with Gasteiger partial charge in [0.05, 0.1) is 5.75 Å². The SMILES string of the molecule is CCC(CC)(CC)NS(=O)(=O)CCCNC(C)C. The number of hydrogen-bond donors (Lipinski definition) is 2. The molecule has 5 heteroatoms. The van der Waals surface area contributed by atoms with Crippen LogP contribution in [0.5, 0.6) is 0 Å². The lowest BCUT2D eigenvalue weighted by atomic mass is 9.91. The van der Waals surface area contributed by atoms with Crippen molar-refractivity contribution in [2.75, 3.05) is 12.3 Å². The molecule has 0 aliphatic rings. The Kier molecular flexibility index (Phi) is 8.06. The van der Waals surface area contributed by atoms with E-state index in [1.165, 1.54) is 0 Å². The van der Waals surface area contributed by atoms with E-state index in [0.717, 1.165) is 25.8 Å². The van der Waals surface area contributed by atoms with Gasteiger partial charge in [-0.2, -0.15) is 0 Å². The summed E-state index contributed by atoms with van der Waals surface area (Å²) >= 11 is 0. The minimum absolute atomic E-state index is 0.203. The van der Waals surface area contributed by atoms with E-state index >= 15 is 0 Å². The van der Waals surface area contributed by atoms with E-state index in [4.69, 9.17) is 0 Å². The summed E-state index contributed by atoms with van der Waals surface area (Å²) in [6.07, 6.45) is 3.16. The van der Waals surface area contributed by atoms with Crippen molar-refractivity contribution >= 4 is 10.0 Å². The summed E-state index contributed by atoms with van der Waals surface area (Å²) < 4.78 is 26.9. The van der Waals surface area contributed by atoms with Gasteiger partial charge in [0.15, 0.2) is 0 Å². The molecule has 0 rings (SSSR count). The molecule has 0 aromatic carbocycles. The third kappa shape index (κ3) is 6.71. The Morgan fingerprint density at radius 1 is 1.06 bits per heavy atom. The first-order valence-electron chi connectivity index (χ1n) is 7.06. The molecule has 4 nitrogen and oxygen atoms in total. The third-order valence-electron chi connectivity index (χ3n) is 3.54. The molecule has 0 atom stereocenters. The molecule has 0 aromatic heterocycles. The van der Waals surface area contributed by atoms with E-state index in [0.29, 0.717) is 12.5 Å². The molecule has 0 aliphatic heterocycles. The van der Waals surface area contributed by atoms with Crippen LogP contribution in [0.15, 0.2) is 0 Å². The molecule has 110 valence electrons. The van der Waals surface area contributed by atoms with Crippen molar-refractivity contribution in [3.8, 4) is 0 Å². The van der Waals surface area contributed by atoms with Crippen molar-refractivity contribution in [1.29, 1.82) is 0 Å². The van der Waals surface area contributed by atoms with Gasteiger partial charge in [0.1, 0.15) is 0 Å². The fourth-order valence-electron chi connectivity index (χ4n) is 2.00. The zero-order valence-electron chi connectivity index (χ0n) is 12.5. The number of nitrogens with one attached hydrogen (secondary N) is 2. The molecule has 18 heavy (non-hydrogen) atoms. The fourth-order valence-corrected chi connectivity index (χ4v) is 3.72. The largest absolute Gasteiger partial charge is 0.314 e. The molecule has 0 aliphatic carbocycles. The van der Waals surface area contributed by atoms with Crippen LogP contribution in [0, 0.1) is 0 Å². The molecular weight excluding hydrogens is 248 g/mol. The fraction of sp³-hybridized carbons (Fsp3) is 1.00. The van der Waals surface area contributed by atoms with Crippen LogP contribution >= 0.6 is 0 Å². The van der Waals surface area contributed by atoms with E-state index in [1.807, 2.05) is 20.8 Å². The highest BCUT2D eigenvalue weighted by Crippen LogP contribution is 2.20. The van der Waals surface area contributed by atoms with E-state index in [1.54, 1.807) is 0 Å². The summed E-state index contributed by atoms with van der Waals surface area (Å²) in [5.41, 5.74) is -0.260. The van der Waals surface area contributed by atoms with Crippen molar-refractivity contribution in [1.82, 2.24) is 10.0 Å². The minimum Gasteiger partial charge on any atom is -0.314 e. The van der Waals surface area contributed by atoms with Gasteiger partial charge in [-0.1, -0.05) is 34.6 Å². The maximum atomic E-state index is 12.0. The normalized spacial score (nSPS) is 13.2. The Morgan fingerprint density at radius 3 is 1.94 bits per heavy atom. The molecule has 0 aromatic rings. The molecule has 0 amide bonds. The Balaban J connectivity index is 4.29. The van der Waals surface area contributed by atoms with E-state index < -0.39 is 10.0 Å². The molecule has 0 bridgehead atoms. The number of sulfonamides is 1. The van der Waals surface area contributed by atoms with Gasteiger partial charge in [-0.3, -0.25) is 0 Å². The van der Waals surface area contributed by atoms with Crippen molar-refractivity contribution in [3.63, 3.8) is 0 Å². The molecule has 2 N–H and O–H groups in total. The molecule has 0 spiro atoms. The molecule has 0 unspecified atom stereocenters. The lowest BCUT2D eigenvalue weighted by molar-refractivity contribution is 0.341. The third-order valence-corrected chi connectivity index (χ3v) is 5.11. The Morgan fingerprint density at radius 2 is 1.56 bits per heavy atom. The van der Waals surface area contributed by atoms with Crippen LogP contribution in [0.25, 0.3) is 0 Å². The monoisotopic (exact) mass is 278 g/mol. The summed E-state index contributed by atoms with van der Waals surface area (Å²) in [7, 11) is -3.16. The summed E-state index contributed by atoms with van der Waals surface area (Å²) in [6, 6.07) is 0.404. The van der Waals surface area contributed by atoms with Crippen molar-refractivity contribution in [2.24, 2.45) is 0 Å². The molecule has 0 saturated heterocycles. The highest BCUT2D eigenvalue weighted by Gasteiger charge is 2.28. The molecule has 0 radical (unpaired) electrons. The average molecular weight is 278 g/mol. The van der Waals surface area contributed by atoms with Crippen LogP contribution in [0.4, 0.5) is 0 Å². The van der Waals surface area contributed by atoms with Crippen LogP contribution in [-0.2, 0) is 10.0 Å². The van der Waals surface area contributed by atoms with Crippen LogP contribution < -0.4 is 10.0 Å². The van der Waals surface area contributed by atoms with Crippen LogP contribution in [0.2, 0.25) is 0 Å². The zero-order valence-corrected chi connectivity index (χ0v) is 13.4. The van der Waals surface area contributed by atoms with Gasteiger partial charge in [0, 0.05) is 11.6 Å². The predicted molar refractivity (Wildman–Crippen MR) is 78.3 cm³/mol. The second kappa shape index (κ2) is 8.12. The topological polar surface area (TPSA) is 58.2 Å². The highest BCUT2D eigenvalue weighted by molar-refractivity contribution is 7.89. The molecule has 0 heterocycles. The smallest absolute Gasteiger partial charge is 0.212 e. The highest BCUT2D eigenvalue weighted by atomic mass is 32.2.